The Hall–Kier alpha value is -1.29. The standard InChI is InChI=1S/C12H20N2O2/c1-8(2)11(15)5-7-14-12(16)10-4-6-13-9(10)3/h4,6,8,11,13,15H,5,7H2,1-3H3,(H,14,16). The monoisotopic (exact) mass is 224 g/mol. The number of aromatic amines is 1. The summed E-state index contributed by atoms with van der Waals surface area (Å²) in [6, 6.07) is 1.75. The molecule has 1 unspecified atom stereocenters. The van der Waals surface area contributed by atoms with Crippen molar-refractivity contribution < 1.29 is 9.90 Å². The molecule has 0 radical (unpaired) electrons. The van der Waals surface area contributed by atoms with E-state index in [1.165, 1.54) is 0 Å². The van der Waals surface area contributed by atoms with E-state index in [2.05, 4.69) is 10.3 Å². The highest BCUT2D eigenvalue weighted by Gasteiger charge is 2.11. The van der Waals surface area contributed by atoms with E-state index in [0.717, 1.165) is 5.69 Å². The molecule has 0 saturated carbocycles. The number of aromatic nitrogens is 1. The quantitative estimate of drug-likeness (QED) is 0.709. The van der Waals surface area contributed by atoms with Gasteiger partial charge in [0, 0.05) is 18.4 Å². The van der Waals surface area contributed by atoms with Crippen LogP contribution in [0.15, 0.2) is 12.3 Å². The normalized spacial score (nSPS) is 12.8. The molecule has 1 amide bonds. The predicted molar refractivity (Wildman–Crippen MR) is 63.3 cm³/mol. The molecule has 16 heavy (non-hydrogen) atoms. The summed E-state index contributed by atoms with van der Waals surface area (Å²) < 4.78 is 0. The molecular formula is C12H20N2O2. The number of hydrogen-bond acceptors (Lipinski definition) is 2. The fraction of sp³-hybridized carbons (Fsp3) is 0.583. The molecule has 4 heteroatoms. The molecule has 4 nitrogen and oxygen atoms in total. The van der Waals surface area contributed by atoms with Crippen LogP contribution in [0, 0.1) is 12.8 Å². The average molecular weight is 224 g/mol. The molecule has 3 N–H and O–H groups in total. The van der Waals surface area contributed by atoms with E-state index < -0.39 is 0 Å². The van der Waals surface area contributed by atoms with Crippen molar-refractivity contribution in [3.63, 3.8) is 0 Å². The molecule has 1 atom stereocenters. The van der Waals surface area contributed by atoms with Crippen LogP contribution < -0.4 is 5.32 Å². The maximum atomic E-state index is 11.7. The van der Waals surface area contributed by atoms with Crippen LogP contribution in [-0.2, 0) is 0 Å². The molecular weight excluding hydrogens is 204 g/mol. The van der Waals surface area contributed by atoms with Crippen LogP contribution in [0.25, 0.3) is 0 Å². The topological polar surface area (TPSA) is 65.1 Å². The Morgan fingerprint density at radius 2 is 2.25 bits per heavy atom. The van der Waals surface area contributed by atoms with E-state index in [9.17, 15) is 9.90 Å². The van der Waals surface area contributed by atoms with E-state index in [-0.39, 0.29) is 17.9 Å². The minimum atomic E-state index is -0.354. The Bertz CT molecular complexity index is 345. The predicted octanol–water partition coefficient (Wildman–Crippen LogP) is 1.46. The largest absolute Gasteiger partial charge is 0.393 e. The van der Waals surface area contributed by atoms with Crippen molar-refractivity contribution in [1.29, 1.82) is 0 Å². The van der Waals surface area contributed by atoms with Crippen molar-refractivity contribution in [1.82, 2.24) is 10.3 Å². The van der Waals surface area contributed by atoms with Gasteiger partial charge >= 0.3 is 0 Å². The third kappa shape index (κ3) is 3.38. The number of aliphatic hydroxyl groups excluding tert-OH is 1. The minimum absolute atomic E-state index is 0.0882. The lowest BCUT2D eigenvalue weighted by molar-refractivity contribution is 0.0920. The molecule has 1 heterocycles. The number of hydrogen-bond donors (Lipinski definition) is 3. The van der Waals surface area contributed by atoms with Gasteiger partial charge in [-0.1, -0.05) is 13.8 Å². The Balaban J connectivity index is 2.34. The molecule has 1 aromatic rings. The summed E-state index contributed by atoms with van der Waals surface area (Å²) in [7, 11) is 0. The van der Waals surface area contributed by atoms with E-state index >= 15 is 0 Å². The summed E-state index contributed by atoms with van der Waals surface area (Å²) in [4.78, 5) is 14.6. The smallest absolute Gasteiger partial charge is 0.253 e. The van der Waals surface area contributed by atoms with Gasteiger partial charge < -0.3 is 15.4 Å². The number of H-pyrrole nitrogens is 1. The minimum Gasteiger partial charge on any atom is -0.393 e. The zero-order valence-electron chi connectivity index (χ0n) is 10.1. The van der Waals surface area contributed by atoms with Crippen molar-refractivity contribution in [2.45, 2.75) is 33.3 Å². The number of aryl methyl sites for hydroxylation is 1. The average Bonchev–Trinajstić information content (AvgIpc) is 2.64. The van der Waals surface area contributed by atoms with E-state index in [4.69, 9.17) is 0 Å². The number of aliphatic hydroxyl groups is 1. The molecule has 0 aliphatic heterocycles. The zero-order valence-corrected chi connectivity index (χ0v) is 10.1. The maximum Gasteiger partial charge on any atom is 0.253 e. The maximum absolute atomic E-state index is 11.7. The molecule has 0 aromatic carbocycles. The van der Waals surface area contributed by atoms with E-state index in [1.807, 2.05) is 20.8 Å². The number of amides is 1. The second-order valence-corrected chi connectivity index (χ2v) is 4.37. The SMILES string of the molecule is Cc1[nH]ccc1C(=O)NCCC(O)C(C)C. The summed E-state index contributed by atoms with van der Waals surface area (Å²) in [5.41, 5.74) is 1.53. The van der Waals surface area contributed by atoms with Crippen LogP contribution >= 0.6 is 0 Å². The summed E-state index contributed by atoms with van der Waals surface area (Å²) >= 11 is 0. The van der Waals surface area contributed by atoms with Crippen molar-refractivity contribution >= 4 is 5.91 Å². The van der Waals surface area contributed by atoms with Crippen LogP contribution in [0.1, 0.15) is 36.3 Å². The van der Waals surface area contributed by atoms with Gasteiger partial charge in [-0.15, -0.1) is 0 Å². The second kappa shape index (κ2) is 5.70. The second-order valence-electron chi connectivity index (χ2n) is 4.37. The van der Waals surface area contributed by atoms with E-state index in [0.29, 0.717) is 18.5 Å². The van der Waals surface area contributed by atoms with Crippen LogP contribution in [0.3, 0.4) is 0 Å². The summed E-state index contributed by atoms with van der Waals surface area (Å²) in [5.74, 6) is 0.139. The summed E-state index contributed by atoms with van der Waals surface area (Å²) in [6.07, 6.45) is 1.98. The molecule has 0 spiro atoms. The lowest BCUT2D eigenvalue weighted by atomic mass is 10.0. The first-order valence-corrected chi connectivity index (χ1v) is 5.62. The van der Waals surface area contributed by atoms with Crippen molar-refractivity contribution in [2.75, 3.05) is 6.54 Å². The van der Waals surface area contributed by atoms with Gasteiger partial charge in [-0.25, -0.2) is 0 Å². The fourth-order valence-electron chi connectivity index (χ4n) is 1.46. The van der Waals surface area contributed by atoms with Gasteiger partial charge in [-0.05, 0) is 25.3 Å². The zero-order chi connectivity index (χ0) is 12.1. The van der Waals surface area contributed by atoms with Gasteiger partial charge in [0.15, 0.2) is 0 Å². The molecule has 1 aromatic heterocycles. The first-order chi connectivity index (χ1) is 7.52. The molecule has 0 aliphatic carbocycles. The summed E-state index contributed by atoms with van der Waals surface area (Å²) in [6.45, 7) is 6.28. The Morgan fingerprint density at radius 3 is 2.75 bits per heavy atom. The van der Waals surface area contributed by atoms with E-state index in [1.54, 1.807) is 12.3 Å². The lowest BCUT2D eigenvalue weighted by Gasteiger charge is -2.14. The van der Waals surface area contributed by atoms with Crippen LogP contribution in [0.2, 0.25) is 0 Å². The Kier molecular flexibility index (Phi) is 4.55. The van der Waals surface area contributed by atoms with Gasteiger partial charge in [0.05, 0.1) is 11.7 Å². The Morgan fingerprint density at radius 1 is 1.56 bits per heavy atom. The molecule has 1 rings (SSSR count). The Labute approximate surface area is 96.1 Å². The molecule has 90 valence electrons. The van der Waals surface area contributed by atoms with Crippen molar-refractivity contribution in [3.05, 3.63) is 23.5 Å². The van der Waals surface area contributed by atoms with Crippen LogP contribution in [0.5, 0.6) is 0 Å². The molecule has 0 fully saturated rings. The van der Waals surface area contributed by atoms with Gasteiger partial charge in [0.1, 0.15) is 0 Å². The fourth-order valence-corrected chi connectivity index (χ4v) is 1.46. The number of carbonyl (C=O) groups is 1. The summed E-state index contributed by atoms with van der Waals surface area (Å²) in [5, 5.41) is 12.4. The first-order valence-electron chi connectivity index (χ1n) is 5.62. The highest BCUT2D eigenvalue weighted by atomic mass is 16.3. The first kappa shape index (κ1) is 12.8. The van der Waals surface area contributed by atoms with Crippen LogP contribution in [-0.4, -0.2) is 28.6 Å². The number of nitrogens with one attached hydrogen (secondary N) is 2. The highest BCUT2D eigenvalue weighted by Crippen LogP contribution is 2.06. The third-order valence-electron chi connectivity index (χ3n) is 2.69. The van der Waals surface area contributed by atoms with Gasteiger partial charge in [-0.3, -0.25) is 4.79 Å². The van der Waals surface area contributed by atoms with Crippen molar-refractivity contribution in [3.8, 4) is 0 Å². The molecule has 0 aliphatic rings. The van der Waals surface area contributed by atoms with Gasteiger partial charge in [0.2, 0.25) is 0 Å². The van der Waals surface area contributed by atoms with Crippen LogP contribution in [0.4, 0.5) is 0 Å². The lowest BCUT2D eigenvalue weighted by Crippen LogP contribution is -2.28. The highest BCUT2D eigenvalue weighted by molar-refractivity contribution is 5.95. The van der Waals surface area contributed by atoms with Gasteiger partial charge in [-0.2, -0.15) is 0 Å². The molecule has 0 saturated heterocycles. The van der Waals surface area contributed by atoms with Crippen molar-refractivity contribution in [2.24, 2.45) is 5.92 Å². The number of carbonyl (C=O) groups excluding carboxylic acids is 1. The number of rotatable bonds is 5. The molecule has 0 bridgehead atoms. The third-order valence-corrected chi connectivity index (χ3v) is 2.69. The van der Waals surface area contributed by atoms with Gasteiger partial charge in [0.25, 0.3) is 5.91 Å².